The second kappa shape index (κ2) is 5.69. The van der Waals surface area contributed by atoms with Gasteiger partial charge in [-0.2, -0.15) is 0 Å². The summed E-state index contributed by atoms with van der Waals surface area (Å²) in [4.78, 5) is 0.259. The van der Waals surface area contributed by atoms with Gasteiger partial charge in [0.2, 0.25) is 10.0 Å². The van der Waals surface area contributed by atoms with Crippen molar-refractivity contribution in [2.45, 2.75) is 36.8 Å². The molecule has 2 atom stereocenters. The van der Waals surface area contributed by atoms with Gasteiger partial charge in [0.05, 0.1) is 11.0 Å². The summed E-state index contributed by atoms with van der Waals surface area (Å²) in [5, 5.41) is 0. The number of hydrogen-bond donors (Lipinski definition) is 1. The second-order valence-electron chi connectivity index (χ2n) is 4.39. The van der Waals surface area contributed by atoms with E-state index in [1.165, 1.54) is 0 Å². The van der Waals surface area contributed by atoms with Crippen LogP contribution in [0, 0.1) is 0 Å². The monoisotopic (exact) mass is 333 g/mol. The number of hydrogen-bond acceptors (Lipinski definition) is 3. The van der Waals surface area contributed by atoms with Gasteiger partial charge in [0, 0.05) is 17.1 Å². The van der Waals surface area contributed by atoms with Crippen molar-refractivity contribution >= 4 is 26.0 Å². The van der Waals surface area contributed by atoms with E-state index in [-0.39, 0.29) is 17.0 Å². The van der Waals surface area contributed by atoms with E-state index in [1.54, 1.807) is 24.3 Å². The Morgan fingerprint density at radius 2 is 2.17 bits per heavy atom. The van der Waals surface area contributed by atoms with Gasteiger partial charge >= 0.3 is 0 Å². The van der Waals surface area contributed by atoms with Crippen LogP contribution in [0.25, 0.3) is 0 Å². The van der Waals surface area contributed by atoms with Crippen molar-refractivity contribution in [2.24, 2.45) is 0 Å². The van der Waals surface area contributed by atoms with Crippen LogP contribution < -0.4 is 4.72 Å². The van der Waals surface area contributed by atoms with Crippen molar-refractivity contribution in [3.8, 4) is 0 Å². The smallest absolute Gasteiger partial charge is 0.242 e. The molecule has 18 heavy (non-hydrogen) atoms. The zero-order chi connectivity index (χ0) is 13.2. The van der Waals surface area contributed by atoms with Crippen LogP contribution in [0.4, 0.5) is 0 Å². The fraction of sp³-hybridized carbons (Fsp3) is 0.500. The third-order valence-electron chi connectivity index (χ3n) is 2.99. The third-order valence-corrected chi connectivity index (χ3v) is 5.56. The molecule has 2 rings (SSSR count). The van der Waals surface area contributed by atoms with E-state index in [0.29, 0.717) is 11.1 Å². The van der Waals surface area contributed by atoms with Gasteiger partial charge in [-0.15, -0.1) is 0 Å². The van der Waals surface area contributed by atoms with Crippen LogP contribution in [0.1, 0.15) is 19.8 Å². The van der Waals surface area contributed by atoms with Crippen LogP contribution >= 0.6 is 15.9 Å². The number of halogens is 1. The molecule has 0 aliphatic carbocycles. The van der Waals surface area contributed by atoms with Crippen LogP contribution in [-0.2, 0) is 14.8 Å². The highest BCUT2D eigenvalue weighted by molar-refractivity contribution is 9.10. The molecule has 0 spiro atoms. The van der Waals surface area contributed by atoms with Crippen molar-refractivity contribution in [1.29, 1.82) is 0 Å². The Balaban J connectivity index is 2.14. The maximum atomic E-state index is 12.2. The summed E-state index contributed by atoms with van der Waals surface area (Å²) in [5.41, 5.74) is 0. The average Bonchev–Trinajstić information content (AvgIpc) is 2.82. The van der Waals surface area contributed by atoms with E-state index in [4.69, 9.17) is 4.74 Å². The van der Waals surface area contributed by atoms with Crippen LogP contribution in [0.2, 0.25) is 0 Å². The van der Waals surface area contributed by atoms with Gasteiger partial charge in [-0.05, 0) is 47.8 Å². The summed E-state index contributed by atoms with van der Waals surface area (Å²) < 4.78 is 33.2. The standard InChI is InChI=1S/C12H16BrNO3S/c1-9(11-6-4-8-17-11)14-18(15,16)12-7-3-2-5-10(12)13/h2-3,5,7,9,11,14H,4,6,8H2,1H3/t9-,11-/m1/s1. The summed E-state index contributed by atoms with van der Waals surface area (Å²) in [6.45, 7) is 2.55. The molecule has 0 saturated carbocycles. The Labute approximate surface area is 116 Å². The Morgan fingerprint density at radius 3 is 2.78 bits per heavy atom. The summed E-state index contributed by atoms with van der Waals surface area (Å²) in [6, 6.07) is 6.56. The molecule has 0 radical (unpaired) electrons. The summed E-state index contributed by atoms with van der Waals surface area (Å²) in [6.07, 6.45) is 1.87. The maximum absolute atomic E-state index is 12.2. The summed E-state index contributed by atoms with van der Waals surface area (Å²) in [7, 11) is -3.50. The maximum Gasteiger partial charge on any atom is 0.242 e. The predicted octanol–water partition coefficient (Wildman–Crippen LogP) is 2.29. The molecule has 1 N–H and O–H groups in total. The van der Waals surface area contributed by atoms with Gasteiger partial charge in [-0.3, -0.25) is 0 Å². The van der Waals surface area contributed by atoms with Crippen molar-refractivity contribution in [3.05, 3.63) is 28.7 Å². The molecule has 0 bridgehead atoms. The van der Waals surface area contributed by atoms with Crippen LogP contribution in [0.5, 0.6) is 0 Å². The number of nitrogens with one attached hydrogen (secondary N) is 1. The lowest BCUT2D eigenvalue weighted by Gasteiger charge is -2.20. The largest absolute Gasteiger partial charge is 0.377 e. The van der Waals surface area contributed by atoms with Gasteiger partial charge in [0.15, 0.2) is 0 Å². The molecule has 1 aliphatic heterocycles. The second-order valence-corrected chi connectivity index (χ2v) is 6.93. The molecule has 1 aliphatic rings. The molecule has 0 aromatic heterocycles. The van der Waals surface area contributed by atoms with Crippen molar-refractivity contribution in [3.63, 3.8) is 0 Å². The minimum Gasteiger partial charge on any atom is -0.377 e. The molecule has 1 saturated heterocycles. The molecular weight excluding hydrogens is 318 g/mol. The first-order chi connectivity index (χ1) is 8.50. The zero-order valence-electron chi connectivity index (χ0n) is 10.1. The van der Waals surface area contributed by atoms with Gasteiger partial charge in [0.25, 0.3) is 0 Å². The normalized spacial score (nSPS) is 22.0. The lowest BCUT2D eigenvalue weighted by Crippen LogP contribution is -2.40. The summed E-state index contributed by atoms with van der Waals surface area (Å²) in [5.74, 6) is 0. The number of ether oxygens (including phenoxy) is 1. The third kappa shape index (κ3) is 3.12. The van der Waals surface area contributed by atoms with Gasteiger partial charge in [-0.1, -0.05) is 12.1 Å². The van der Waals surface area contributed by atoms with E-state index >= 15 is 0 Å². The molecular formula is C12H16BrNO3S. The highest BCUT2D eigenvalue weighted by Gasteiger charge is 2.27. The van der Waals surface area contributed by atoms with E-state index in [1.807, 2.05) is 6.92 Å². The topological polar surface area (TPSA) is 55.4 Å². The van der Waals surface area contributed by atoms with Crippen molar-refractivity contribution in [1.82, 2.24) is 4.72 Å². The fourth-order valence-electron chi connectivity index (χ4n) is 2.04. The predicted molar refractivity (Wildman–Crippen MR) is 72.9 cm³/mol. The lowest BCUT2D eigenvalue weighted by molar-refractivity contribution is 0.0902. The highest BCUT2D eigenvalue weighted by atomic mass is 79.9. The van der Waals surface area contributed by atoms with Crippen molar-refractivity contribution < 1.29 is 13.2 Å². The molecule has 1 fully saturated rings. The average molecular weight is 334 g/mol. The van der Waals surface area contributed by atoms with E-state index in [2.05, 4.69) is 20.7 Å². The Hall–Kier alpha value is -0.430. The Kier molecular flexibility index (Phi) is 4.42. The molecule has 1 heterocycles. The van der Waals surface area contributed by atoms with Crippen LogP contribution in [0.15, 0.2) is 33.6 Å². The highest BCUT2D eigenvalue weighted by Crippen LogP contribution is 2.22. The number of rotatable bonds is 4. The van der Waals surface area contributed by atoms with Gasteiger partial charge in [-0.25, -0.2) is 13.1 Å². The fourth-order valence-corrected chi connectivity index (χ4v) is 4.32. The molecule has 100 valence electrons. The van der Waals surface area contributed by atoms with E-state index in [0.717, 1.165) is 12.8 Å². The quantitative estimate of drug-likeness (QED) is 0.919. The minimum absolute atomic E-state index is 0.0257. The summed E-state index contributed by atoms with van der Waals surface area (Å²) >= 11 is 3.26. The molecule has 0 amide bonds. The van der Waals surface area contributed by atoms with Gasteiger partial charge < -0.3 is 4.74 Å². The first-order valence-electron chi connectivity index (χ1n) is 5.89. The zero-order valence-corrected chi connectivity index (χ0v) is 12.5. The van der Waals surface area contributed by atoms with Gasteiger partial charge in [0.1, 0.15) is 0 Å². The lowest BCUT2D eigenvalue weighted by atomic mass is 10.1. The van der Waals surface area contributed by atoms with E-state index in [9.17, 15) is 8.42 Å². The first-order valence-corrected chi connectivity index (χ1v) is 8.17. The van der Waals surface area contributed by atoms with E-state index < -0.39 is 10.0 Å². The van der Waals surface area contributed by atoms with Crippen molar-refractivity contribution in [2.75, 3.05) is 6.61 Å². The van der Waals surface area contributed by atoms with Crippen LogP contribution in [0.3, 0.4) is 0 Å². The van der Waals surface area contributed by atoms with Crippen LogP contribution in [-0.4, -0.2) is 27.2 Å². The SMILES string of the molecule is C[C@@H](NS(=O)(=O)c1ccccc1Br)[C@H]1CCCO1. The molecule has 4 nitrogen and oxygen atoms in total. The Bertz CT molecular complexity index is 512. The Morgan fingerprint density at radius 1 is 1.44 bits per heavy atom. The minimum atomic E-state index is -3.50. The molecule has 1 aromatic carbocycles. The number of benzene rings is 1. The number of sulfonamides is 1. The molecule has 1 aromatic rings. The molecule has 6 heteroatoms. The first kappa shape index (κ1) is 14.0. The molecule has 0 unspecified atom stereocenters.